The fraction of sp³-hybridized carbons (Fsp3) is 0.889. The molecule has 0 aromatic carbocycles. The zero-order valence-corrected chi connectivity index (χ0v) is 8.58. The number of esters is 1. The van der Waals surface area contributed by atoms with E-state index in [1.807, 2.05) is 0 Å². The number of carbonyl (C=O) groups is 1. The quantitative estimate of drug-likeness (QED) is 0.464. The number of quaternary nitrogens is 1. The highest BCUT2D eigenvalue weighted by molar-refractivity contribution is 5.68. The SMILES string of the molecule is CCC(=O)OC1C[N+](C)(C)CCO1. The van der Waals surface area contributed by atoms with Crippen molar-refractivity contribution in [1.29, 1.82) is 0 Å². The van der Waals surface area contributed by atoms with Crippen molar-refractivity contribution in [2.75, 3.05) is 33.8 Å². The monoisotopic (exact) mass is 188 g/mol. The van der Waals surface area contributed by atoms with E-state index in [1.54, 1.807) is 6.92 Å². The van der Waals surface area contributed by atoms with E-state index < -0.39 is 0 Å². The van der Waals surface area contributed by atoms with Gasteiger partial charge in [0.25, 0.3) is 6.29 Å². The molecule has 76 valence electrons. The number of morpholine rings is 1. The van der Waals surface area contributed by atoms with Gasteiger partial charge >= 0.3 is 5.97 Å². The Bertz CT molecular complexity index is 191. The Morgan fingerprint density at radius 1 is 1.62 bits per heavy atom. The minimum Gasteiger partial charge on any atom is -0.429 e. The molecular weight excluding hydrogens is 170 g/mol. The Kier molecular flexibility index (Phi) is 3.27. The summed E-state index contributed by atoms with van der Waals surface area (Å²) in [4.78, 5) is 11.0. The fourth-order valence-electron chi connectivity index (χ4n) is 1.28. The van der Waals surface area contributed by atoms with Gasteiger partial charge in [0.2, 0.25) is 0 Å². The van der Waals surface area contributed by atoms with E-state index in [4.69, 9.17) is 9.47 Å². The van der Waals surface area contributed by atoms with E-state index in [1.165, 1.54) is 0 Å². The van der Waals surface area contributed by atoms with Crippen LogP contribution in [0.25, 0.3) is 0 Å². The molecule has 13 heavy (non-hydrogen) atoms. The highest BCUT2D eigenvalue weighted by Gasteiger charge is 2.30. The van der Waals surface area contributed by atoms with Crippen molar-refractivity contribution < 1.29 is 18.8 Å². The number of rotatable bonds is 2. The molecule has 1 fully saturated rings. The minimum atomic E-state index is -0.351. The van der Waals surface area contributed by atoms with E-state index in [-0.39, 0.29) is 12.3 Å². The van der Waals surface area contributed by atoms with Gasteiger partial charge in [0.05, 0.1) is 14.1 Å². The molecule has 0 aromatic rings. The highest BCUT2D eigenvalue weighted by atomic mass is 16.7. The Morgan fingerprint density at radius 3 is 2.85 bits per heavy atom. The summed E-state index contributed by atoms with van der Waals surface area (Å²) < 4.78 is 11.3. The van der Waals surface area contributed by atoms with Crippen molar-refractivity contribution in [2.45, 2.75) is 19.6 Å². The smallest absolute Gasteiger partial charge is 0.308 e. The Balaban J connectivity index is 2.39. The normalized spacial score (nSPS) is 26.8. The van der Waals surface area contributed by atoms with Crippen molar-refractivity contribution in [1.82, 2.24) is 0 Å². The van der Waals surface area contributed by atoms with Crippen LogP contribution in [0.3, 0.4) is 0 Å². The maximum Gasteiger partial charge on any atom is 0.308 e. The van der Waals surface area contributed by atoms with Gasteiger partial charge in [-0.25, -0.2) is 0 Å². The van der Waals surface area contributed by atoms with E-state index >= 15 is 0 Å². The second-order valence-corrected chi connectivity index (χ2v) is 3.99. The molecule has 1 heterocycles. The van der Waals surface area contributed by atoms with Gasteiger partial charge in [0.1, 0.15) is 19.7 Å². The van der Waals surface area contributed by atoms with Crippen LogP contribution in [0.4, 0.5) is 0 Å². The lowest BCUT2D eigenvalue weighted by Crippen LogP contribution is -2.53. The molecule has 4 heteroatoms. The van der Waals surface area contributed by atoms with Crippen LogP contribution in [0.2, 0.25) is 0 Å². The third-order valence-corrected chi connectivity index (χ3v) is 2.20. The number of carbonyl (C=O) groups excluding carboxylic acids is 1. The van der Waals surface area contributed by atoms with Gasteiger partial charge in [0.15, 0.2) is 0 Å². The molecule has 1 unspecified atom stereocenters. The lowest BCUT2D eigenvalue weighted by Gasteiger charge is -2.37. The maximum atomic E-state index is 11.0. The molecule has 0 aliphatic carbocycles. The summed E-state index contributed by atoms with van der Waals surface area (Å²) in [7, 11) is 4.21. The van der Waals surface area contributed by atoms with Crippen molar-refractivity contribution in [3.8, 4) is 0 Å². The lowest BCUT2D eigenvalue weighted by atomic mass is 10.3. The molecule has 1 rings (SSSR count). The summed E-state index contributed by atoms with van der Waals surface area (Å²) in [5, 5.41) is 0. The summed E-state index contributed by atoms with van der Waals surface area (Å²) in [6.07, 6.45) is 0.0593. The van der Waals surface area contributed by atoms with E-state index in [2.05, 4.69) is 14.1 Å². The van der Waals surface area contributed by atoms with Gasteiger partial charge in [-0.05, 0) is 0 Å². The zero-order chi connectivity index (χ0) is 9.90. The van der Waals surface area contributed by atoms with Crippen molar-refractivity contribution in [2.24, 2.45) is 0 Å². The number of hydrogen-bond donors (Lipinski definition) is 0. The number of ether oxygens (including phenoxy) is 2. The van der Waals surface area contributed by atoms with Crippen molar-refractivity contribution >= 4 is 5.97 Å². The van der Waals surface area contributed by atoms with Crippen LogP contribution in [-0.4, -0.2) is 50.5 Å². The first-order chi connectivity index (χ1) is 6.03. The highest BCUT2D eigenvalue weighted by Crippen LogP contribution is 2.11. The van der Waals surface area contributed by atoms with Crippen LogP contribution in [-0.2, 0) is 14.3 Å². The summed E-state index contributed by atoms with van der Waals surface area (Å²) in [5.74, 6) is -0.188. The molecular formula is C9H18NO3+. The van der Waals surface area contributed by atoms with Crippen molar-refractivity contribution in [3.05, 3.63) is 0 Å². The molecule has 0 saturated carbocycles. The average Bonchev–Trinajstić information content (AvgIpc) is 2.02. The second-order valence-electron chi connectivity index (χ2n) is 3.99. The van der Waals surface area contributed by atoms with Gasteiger partial charge in [-0.15, -0.1) is 0 Å². The third kappa shape index (κ3) is 3.32. The molecule has 4 nitrogen and oxygen atoms in total. The minimum absolute atomic E-state index is 0.188. The fourth-order valence-corrected chi connectivity index (χ4v) is 1.28. The first-order valence-electron chi connectivity index (χ1n) is 4.66. The summed E-state index contributed by atoms with van der Waals surface area (Å²) >= 11 is 0. The molecule has 0 aromatic heterocycles. The molecule has 0 bridgehead atoms. The molecule has 0 spiro atoms. The molecule has 1 aliphatic heterocycles. The first kappa shape index (κ1) is 10.5. The van der Waals surface area contributed by atoms with Crippen LogP contribution < -0.4 is 0 Å². The van der Waals surface area contributed by atoms with Crippen LogP contribution >= 0.6 is 0 Å². The van der Waals surface area contributed by atoms with Gasteiger partial charge < -0.3 is 14.0 Å². The van der Waals surface area contributed by atoms with E-state index in [9.17, 15) is 4.79 Å². The predicted molar refractivity (Wildman–Crippen MR) is 48.0 cm³/mol. The molecule has 1 aliphatic rings. The maximum absolute atomic E-state index is 11.0. The summed E-state index contributed by atoms with van der Waals surface area (Å²) in [6.45, 7) is 4.16. The predicted octanol–water partition coefficient (Wildman–Crippen LogP) is 0.372. The number of nitrogens with zero attached hydrogens (tertiary/aromatic N) is 1. The Labute approximate surface area is 79.0 Å². The molecule has 0 amide bonds. The van der Waals surface area contributed by atoms with Crippen LogP contribution in [0.5, 0.6) is 0 Å². The second kappa shape index (κ2) is 4.07. The molecule has 0 N–H and O–H groups in total. The molecule has 0 radical (unpaired) electrons. The van der Waals surface area contributed by atoms with E-state index in [0.29, 0.717) is 13.0 Å². The van der Waals surface area contributed by atoms with Crippen LogP contribution in [0.15, 0.2) is 0 Å². The first-order valence-corrected chi connectivity index (χ1v) is 4.66. The van der Waals surface area contributed by atoms with E-state index in [0.717, 1.165) is 17.6 Å². The van der Waals surface area contributed by atoms with Crippen molar-refractivity contribution in [3.63, 3.8) is 0 Å². The van der Waals surface area contributed by atoms with Gasteiger partial charge in [-0.2, -0.15) is 0 Å². The average molecular weight is 188 g/mol. The standard InChI is InChI=1S/C9H18NO3/c1-4-8(11)13-9-7-10(2,3)5-6-12-9/h9H,4-7H2,1-3H3/q+1. The topological polar surface area (TPSA) is 35.5 Å². The molecule has 1 saturated heterocycles. The van der Waals surface area contributed by atoms with Gasteiger partial charge in [0, 0.05) is 6.42 Å². The van der Waals surface area contributed by atoms with Gasteiger partial charge in [-0.1, -0.05) is 6.92 Å². The Hall–Kier alpha value is -0.610. The molecule has 1 atom stereocenters. The van der Waals surface area contributed by atoms with Crippen LogP contribution in [0.1, 0.15) is 13.3 Å². The summed E-state index contributed by atoms with van der Waals surface area (Å²) in [6, 6.07) is 0. The Morgan fingerprint density at radius 2 is 2.31 bits per heavy atom. The number of hydrogen-bond acceptors (Lipinski definition) is 3. The van der Waals surface area contributed by atoms with Gasteiger partial charge in [-0.3, -0.25) is 4.79 Å². The lowest BCUT2D eigenvalue weighted by molar-refractivity contribution is -0.905. The number of likely N-dealkylation sites (N-methyl/N-ethyl adjacent to an activating group) is 1. The largest absolute Gasteiger partial charge is 0.429 e. The third-order valence-electron chi connectivity index (χ3n) is 2.20. The van der Waals surface area contributed by atoms with Crippen LogP contribution in [0, 0.1) is 0 Å². The zero-order valence-electron chi connectivity index (χ0n) is 8.58. The summed E-state index contributed by atoms with van der Waals surface area (Å²) in [5.41, 5.74) is 0.